The molecule has 0 unspecified atom stereocenters. The number of benzene rings is 3. The van der Waals surface area contributed by atoms with Crippen molar-refractivity contribution < 1.29 is 19.2 Å². The van der Waals surface area contributed by atoms with E-state index in [0.29, 0.717) is 29.1 Å². The first-order chi connectivity index (χ1) is 19.3. The predicted molar refractivity (Wildman–Crippen MR) is 155 cm³/mol. The summed E-state index contributed by atoms with van der Waals surface area (Å²) < 4.78 is 0. The van der Waals surface area contributed by atoms with E-state index in [1.807, 2.05) is 62.4 Å². The molecular formula is C32H34ClN3O4. The Balaban J connectivity index is 1.55. The van der Waals surface area contributed by atoms with E-state index in [9.17, 15) is 19.2 Å². The smallest absolute Gasteiger partial charge is 0.261 e. The molecular weight excluding hydrogens is 526 g/mol. The number of nitrogens with one attached hydrogen (secondary N) is 1. The van der Waals surface area contributed by atoms with Gasteiger partial charge in [0.15, 0.2) is 0 Å². The third kappa shape index (κ3) is 6.96. The second-order valence-corrected chi connectivity index (χ2v) is 10.8. The SMILES string of the molecule is CC(C)CNC(=O)[C@H](Cc1ccccc1)N(Cc1ccccc1Cl)C(=O)CCCN1C(=O)c2ccccc2C1=O. The van der Waals surface area contributed by atoms with Crippen molar-refractivity contribution in [3.8, 4) is 0 Å². The van der Waals surface area contributed by atoms with Gasteiger partial charge in [-0.3, -0.25) is 24.1 Å². The molecule has 8 heteroatoms. The van der Waals surface area contributed by atoms with Crippen molar-refractivity contribution in [1.82, 2.24) is 15.1 Å². The van der Waals surface area contributed by atoms with E-state index in [1.54, 1.807) is 35.2 Å². The lowest BCUT2D eigenvalue weighted by molar-refractivity contribution is -0.141. The quantitative estimate of drug-likeness (QED) is 0.312. The molecule has 1 aliphatic heterocycles. The van der Waals surface area contributed by atoms with Crippen LogP contribution < -0.4 is 5.32 Å². The van der Waals surface area contributed by atoms with Crippen molar-refractivity contribution in [2.75, 3.05) is 13.1 Å². The van der Waals surface area contributed by atoms with Gasteiger partial charge >= 0.3 is 0 Å². The van der Waals surface area contributed by atoms with E-state index in [-0.39, 0.29) is 55.5 Å². The van der Waals surface area contributed by atoms with Gasteiger partial charge < -0.3 is 10.2 Å². The van der Waals surface area contributed by atoms with Crippen LogP contribution in [0.5, 0.6) is 0 Å². The van der Waals surface area contributed by atoms with Gasteiger partial charge in [0, 0.05) is 37.5 Å². The zero-order chi connectivity index (χ0) is 28.6. The molecule has 3 aromatic rings. The molecule has 0 aromatic heterocycles. The maximum absolute atomic E-state index is 13.8. The van der Waals surface area contributed by atoms with Crippen molar-refractivity contribution in [1.29, 1.82) is 0 Å². The minimum absolute atomic E-state index is 0.0562. The zero-order valence-electron chi connectivity index (χ0n) is 22.8. The number of nitrogens with zero attached hydrogens (tertiary/aromatic N) is 2. The Kier molecular flexibility index (Phi) is 9.72. The number of halogens is 1. The number of fused-ring (bicyclic) bond motifs is 1. The summed E-state index contributed by atoms with van der Waals surface area (Å²) in [7, 11) is 0. The molecule has 1 heterocycles. The summed E-state index contributed by atoms with van der Waals surface area (Å²) >= 11 is 6.47. The average Bonchev–Trinajstić information content (AvgIpc) is 3.20. The highest BCUT2D eigenvalue weighted by molar-refractivity contribution is 6.31. The first-order valence-corrected chi connectivity index (χ1v) is 13.9. The van der Waals surface area contributed by atoms with Gasteiger partial charge in [-0.05, 0) is 41.7 Å². The molecule has 3 aromatic carbocycles. The monoisotopic (exact) mass is 559 g/mol. The van der Waals surface area contributed by atoms with E-state index >= 15 is 0 Å². The van der Waals surface area contributed by atoms with Gasteiger partial charge in [-0.2, -0.15) is 0 Å². The van der Waals surface area contributed by atoms with Crippen LogP contribution >= 0.6 is 11.6 Å². The molecule has 0 aliphatic carbocycles. The van der Waals surface area contributed by atoms with Crippen molar-refractivity contribution in [3.63, 3.8) is 0 Å². The first kappa shape index (κ1) is 29.0. The number of carbonyl (C=O) groups is 4. The van der Waals surface area contributed by atoms with E-state index in [1.165, 1.54) is 4.90 Å². The van der Waals surface area contributed by atoms with E-state index < -0.39 is 6.04 Å². The molecule has 1 atom stereocenters. The number of amides is 4. The topological polar surface area (TPSA) is 86.8 Å². The Bertz CT molecular complexity index is 1340. The van der Waals surface area contributed by atoms with E-state index in [2.05, 4.69) is 5.32 Å². The third-order valence-electron chi connectivity index (χ3n) is 6.90. The Labute approximate surface area is 240 Å². The highest BCUT2D eigenvalue weighted by Gasteiger charge is 2.35. The third-order valence-corrected chi connectivity index (χ3v) is 7.27. The van der Waals surface area contributed by atoms with Crippen LogP contribution in [0.25, 0.3) is 0 Å². The van der Waals surface area contributed by atoms with Crippen LogP contribution in [0, 0.1) is 5.92 Å². The zero-order valence-corrected chi connectivity index (χ0v) is 23.6. The van der Waals surface area contributed by atoms with Crippen LogP contribution in [-0.4, -0.2) is 52.6 Å². The lowest BCUT2D eigenvalue weighted by atomic mass is 10.0. The molecule has 0 spiro atoms. The standard InChI is InChI=1S/C32H34ClN3O4/c1-22(2)20-34-30(38)28(19-23-11-4-3-5-12-23)36(21-24-13-6-9-16-27(24)33)29(37)17-10-18-35-31(39)25-14-7-8-15-26(25)32(35)40/h3-9,11-16,22,28H,10,17-21H2,1-2H3,(H,34,38)/t28-/m0/s1. The highest BCUT2D eigenvalue weighted by atomic mass is 35.5. The van der Waals surface area contributed by atoms with Gasteiger partial charge in [0.05, 0.1) is 11.1 Å². The highest BCUT2D eigenvalue weighted by Crippen LogP contribution is 2.24. The Hall–Kier alpha value is -3.97. The maximum atomic E-state index is 13.8. The molecule has 1 aliphatic rings. The van der Waals surface area contributed by atoms with E-state index in [0.717, 1.165) is 11.1 Å². The van der Waals surface area contributed by atoms with Crippen LogP contribution in [0.2, 0.25) is 5.02 Å². The molecule has 4 rings (SSSR count). The fourth-order valence-electron chi connectivity index (χ4n) is 4.76. The molecule has 208 valence electrons. The first-order valence-electron chi connectivity index (χ1n) is 13.6. The minimum atomic E-state index is -0.774. The largest absolute Gasteiger partial charge is 0.354 e. The molecule has 1 N–H and O–H groups in total. The minimum Gasteiger partial charge on any atom is -0.354 e. The summed E-state index contributed by atoms with van der Waals surface area (Å²) in [6.07, 6.45) is 0.662. The summed E-state index contributed by atoms with van der Waals surface area (Å²) in [5.74, 6) is -0.948. The molecule has 4 amide bonds. The molecule has 0 fully saturated rings. The Morgan fingerprint density at radius 1 is 0.875 bits per heavy atom. The number of hydrogen-bond donors (Lipinski definition) is 1. The number of carbonyl (C=O) groups excluding carboxylic acids is 4. The molecule has 7 nitrogen and oxygen atoms in total. The fourth-order valence-corrected chi connectivity index (χ4v) is 4.96. The number of hydrogen-bond acceptors (Lipinski definition) is 4. The van der Waals surface area contributed by atoms with Crippen LogP contribution in [0.3, 0.4) is 0 Å². The van der Waals surface area contributed by atoms with Crippen molar-refractivity contribution >= 4 is 35.2 Å². The second-order valence-electron chi connectivity index (χ2n) is 10.4. The van der Waals surface area contributed by atoms with Gasteiger partial charge in [-0.1, -0.05) is 86.1 Å². The number of rotatable bonds is 12. The normalized spacial score (nSPS) is 13.3. The average molecular weight is 560 g/mol. The van der Waals surface area contributed by atoms with Crippen LogP contribution in [0.15, 0.2) is 78.9 Å². The Morgan fingerprint density at radius 2 is 1.48 bits per heavy atom. The maximum Gasteiger partial charge on any atom is 0.261 e. The molecule has 0 saturated heterocycles. The summed E-state index contributed by atoms with van der Waals surface area (Å²) in [5, 5.41) is 3.50. The molecule has 40 heavy (non-hydrogen) atoms. The predicted octanol–water partition coefficient (Wildman–Crippen LogP) is 5.13. The van der Waals surface area contributed by atoms with E-state index in [4.69, 9.17) is 11.6 Å². The van der Waals surface area contributed by atoms with Crippen LogP contribution in [-0.2, 0) is 22.6 Å². The number of imide groups is 1. The fraction of sp³-hybridized carbons (Fsp3) is 0.312. The Morgan fingerprint density at radius 3 is 2.10 bits per heavy atom. The van der Waals surface area contributed by atoms with Crippen molar-refractivity contribution in [2.45, 2.75) is 45.7 Å². The van der Waals surface area contributed by atoms with Gasteiger partial charge in [0.2, 0.25) is 11.8 Å². The second kappa shape index (κ2) is 13.4. The van der Waals surface area contributed by atoms with Gasteiger partial charge in [-0.15, -0.1) is 0 Å². The lowest BCUT2D eigenvalue weighted by Crippen LogP contribution is -2.51. The summed E-state index contributed by atoms with van der Waals surface area (Å²) in [5.41, 5.74) is 2.41. The molecule has 0 bridgehead atoms. The summed E-state index contributed by atoms with van der Waals surface area (Å²) in [6.45, 7) is 4.77. The van der Waals surface area contributed by atoms with Gasteiger partial charge in [0.25, 0.3) is 11.8 Å². The van der Waals surface area contributed by atoms with Crippen molar-refractivity contribution in [3.05, 3.63) is 106 Å². The van der Waals surface area contributed by atoms with Crippen LogP contribution in [0.4, 0.5) is 0 Å². The lowest BCUT2D eigenvalue weighted by Gasteiger charge is -2.32. The van der Waals surface area contributed by atoms with Gasteiger partial charge in [0.1, 0.15) is 6.04 Å². The van der Waals surface area contributed by atoms with Crippen molar-refractivity contribution in [2.24, 2.45) is 5.92 Å². The summed E-state index contributed by atoms with van der Waals surface area (Å²) in [6, 6.07) is 22.8. The molecule has 0 radical (unpaired) electrons. The summed E-state index contributed by atoms with van der Waals surface area (Å²) in [4.78, 5) is 55.6. The molecule has 0 saturated carbocycles. The van der Waals surface area contributed by atoms with Gasteiger partial charge in [-0.25, -0.2) is 0 Å². The van der Waals surface area contributed by atoms with Crippen LogP contribution in [0.1, 0.15) is 58.5 Å².